The molecule has 228 valence electrons. The van der Waals surface area contributed by atoms with E-state index < -0.39 is 9.84 Å². The van der Waals surface area contributed by atoms with Crippen LogP contribution in [0.15, 0.2) is 41.4 Å². The van der Waals surface area contributed by atoms with Crippen molar-refractivity contribution in [3.63, 3.8) is 0 Å². The minimum atomic E-state index is -3.63. The quantitative estimate of drug-likeness (QED) is 0.221. The molecule has 0 spiro atoms. The first-order valence-electron chi connectivity index (χ1n) is 14.9. The highest BCUT2D eigenvalue weighted by Crippen LogP contribution is 2.36. The SMILES string of the molecule is COCCCn1ccc(-c2ccc(Nc3cc(CC(=O)C4CC4)nc4c3nc(C)n4C3CCCCO3)c(S(C)(=O)=O)c2)n1. The van der Waals surface area contributed by atoms with Gasteiger partial charge in [-0.15, -0.1) is 0 Å². The Morgan fingerprint density at radius 3 is 2.67 bits per heavy atom. The Hall–Kier alpha value is -3.61. The normalized spacial score (nSPS) is 17.4. The number of carbonyl (C=O) groups excluding carboxylic acids is 1. The van der Waals surface area contributed by atoms with E-state index in [1.807, 2.05) is 40.6 Å². The minimum absolute atomic E-state index is 0.107. The van der Waals surface area contributed by atoms with E-state index in [-0.39, 0.29) is 29.2 Å². The predicted molar refractivity (Wildman–Crippen MR) is 163 cm³/mol. The van der Waals surface area contributed by atoms with E-state index in [0.29, 0.717) is 59.2 Å². The molecule has 0 radical (unpaired) electrons. The molecule has 1 aliphatic heterocycles. The van der Waals surface area contributed by atoms with Gasteiger partial charge >= 0.3 is 0 Å². The van der Waals surface area contributed by atoms with E-state index in [4.69, 9.17) is 19.4 Å². The van der Waals surface area contributed by atoms with E-state index in [9.17, 15) is 13.2 Å². The predicted octanol–water partition coefficient (Wildman–Crippen LogP) is 5.01. The van der Waals surface area contributed by atoms with Crippen LogP contribution in [0.4, 0.5) is 11.4 Å². The Morgan fingerprint density at radius 2 is 1.95 bits per heavy atom. The Balaban J connectivity index is 1.39. The molecule has 1 N–H and O–H groups in total. The fourth-order valence-electron chi connectivity index (χ4n) is 5.66. The first-order chi connectivity index (χ1) is 20.7. The van der Waals surface area contributed by atoms with Crippen LogP contribution in [0.1, 0.15) is 56.3 Å². The van der Waals surface area contributed by atoms with Gasteiger partial charge in [-0.25, -0.2) is 18.4 Å². The smallest absolute Gasteiger partial charge is 0.177 e. The topological polar surface area (TPSA) is 130 Å². The van der Waals surface area contributed by atoms with Gasteiger partial charge in [0.1, 0.15) is 23.4 Å². The summed E-state index contributed by atoms with van der Waals surface area (Å²) in [5.74, 6) is 1.04. The number of carbonyl (C=O) groups is 1. The third kappa shape index (κ3) is 6.51. The monoisotopic (exact) mass is 606 g/mol. The number of pyridine rings is 1. The molecule has 1 atom stereocenters. The Kier molecular flexibility index (Phi) is 8.34. The summed E-state index contributed by atoms with van der Waals surface area (Å²) in [4.78, 5) is 22.7. The number of hydrogen-bond acceptors (Lipinski definition) is 9. The number of hydrogen-bond donors (Lipinski definition) is 1. The van der Waals surface area contributed by atoms with Gasteiger partial charge in [0.15, 0.2) is 15.5 Å². The average molecular weight is 607 g/mol. The molecule has 12 heteroatoms. The zero-order valence-electron chi connectivity index (χ0n) is 24.9. The van der Waals surface area contributed by atoms with Gasteiger partial charge in [-0.3, -0.25) is 14.0 Å². The number of ether oxygens (including phenoxy) is 2. The molecule has 1 unspecified atom stereocenters. The minimum Gasteiger partial charge on any atom is -0.385 e. The van der Waals surface area contributed by atoms with Crippen molar-refractivity contribution in [1.29, 1.82) is 0 Å². The number of fused-ring (bicyclic) bond motifs is 1. The van der Waals surface area contributed by atoms with E-state index >= 15 is 0 Å². The third-order valence-electron chi connectivity index (χ3n) is 8.03. The Labute approximate surface area is 251 Å². The maximum atomic E-state index is 13.1. The number of sulfone groups is 1. The fraction of sp³-hybridized carbons (Fsp3) is 0.484. The van der Waals surface area contributed by atoms with Crippen LogP contribution in [0.25, 0.3) is 22.4 Å². The van der Waals surface area contributed by atoms with Gasteiger partial charge in [-0.05, 0) is 69.7 Å². The van der Waals surface area contributed by atoms with Gasteiger partial charge in [-0.1, -0.05) is 6.07 Å². The van der Waals surface area contributed by atoms with Crippen LogP contribution in [0.2, 0.25) is 0 Å². The molecule has 11 nitrogen and oxygen atoms in total. The summed E-state index contributed by atoms with van der Waals surface area (Å²) in [6, 6.07) is 8.96. The summed E-state index contributed by atoms with van der Waals surface area (Å²) in [6.45, 7) is 3.93. The van der Waals surface area contributed by atoms with Crippen molar-refractivity contribution in [1.82, 2.24) is 24.3 Å². The first kappa shape index (κ1) is 29.5. The number of imidazole rings is 1. The van der Waals surface area contributed by atoms with Crippen molar-refractivity contribution in [3.8, 4) is 11.3 Å². The Bertz CT molecular complexity index is 1750. The van der Waals surface area contributed by atoms with Crippen LogP contribution in [0.3, 0.4) is 0 Å². The average Bonchev–Trinajstić information content (AvgIpc) is 3.64. The molecule has 1 saturated carbocycles. The maximum absolute atomic E-state index is 13.1. The number of aryl methyl sites for hydroxylation is 2. The summed E-state index contributed by atoms with van der Waals surface area (Å²) in [5, 5.41) is 7.98. The molecule has 4 heterocycles. The van der Waals surface area contributed by atoms with Gasteiger partial charge in [0.05, 0.1) is 27.7 Å². The molecule has 1 saturated heterocycles. The second-order valence-corrected chi connectivity index (χ2v) is 13.5. The zero-order valence-corrected chi connectivity index (χ0v) is 25.7. The highest BCUT2D eigenvalue weighted by atomic mass is 32.2. The molecule has 2 fully saturated rings. The second kappa shape index (κ2) is 12.2. The van der Waals surface area contributed by atoms with Crippen LogP contribution >= 0.6 is 0 Å². The number of Topliss-reactive ketones (excluding diaryl/α,β-unsaturated/α-hetero) is 1. The van der Waals surface area contributed by atoms with Crippen LogP contribution < -0.4 is 5.32 Å². The number of anilines is 2. The highest BCUT2D eigenvalue weighted by molar-refractivity contribution is 7.90. The molecule has 6 rings (SSSR count). The number of methoxy groups -OCH3 is 1. The summed E-state index contributed by atoms with van der Waals surface area (Å²) in [5.41, 5.74) is 4.25. The molecule has 1 aromatic carbocycles. The van der Waals surface area contributed by atoms with Gasteiger partial charge < -0.3 is 14.8 Å². The lowest BCUT2D eigenvalue weighted by Gasteiger charge is -2.25. The largest absolute Gasteiger partial charge is 0.385 e. The van der Waals surface area contributed by atoms with Crippen molar-refractivity contribution in [2.45, 2.75) is 69.5 Å². The van der Waals surface area contributed by atoms with Crippen LogP contribution in [0.5, 0.6) is 0 Å². The fourth-order valence-corrected chi connectivity index (χ4v) is 6.52. The lowest BCUT2D eigenvalue weighted by atomic mass is 10.1. The van der Waals surface area contributed by atoms with Gasteiger partial charge in [-0.2, -0.15) is 5.10 Å². The summed E-state index contributed by atoms with van der Waals surface area (Å²) in [7, 11) is -1.96. The first-order valence-corrected chi connectivity index (χ1v) is 16.8. The third-order valence-corrected chi connectivity index (χ3v) is 9.17. The lowest BCUT2D eigenvalue weighted by molar-refractivity contribution is -0.119. The van der Waals surface area contributed by atoms with Crippen molar-refractivity contribution in [2.24, 2.45) is 5.92 Å². The van der Waals surface area contributed by atoms with Gasteiger partial charge in [0, 0.05) is 57.2 Å². The highest BCUT2D eigenvalue weighted by Gasteiger charge is 2.30. The number of benzene rings is 1. The van der Waals surface area contributed by atoms with E-state index in [2.05, 4.69) is 10.4 Å². The van der Waals surface area contributed by atoms with Gasteiger partial charge in [0.25, 0.3) is 0 Å². The maximum Gasteiger partial charge on any atom is 0.177 e. The molecular formula is C31H38N6O5S. The summed E-state index contributed by atoms with van der Waals surface area (Å²) < 4.78 is 41.2. The number of ketones is 1. The summed E-state index contributed by atoms with van der Waals surface area (Å²) >= 11 is 0. The van der Waals surface area contributed by atoms with Crippen molar-refractivity contribution in [2.75, 3.05) is 31.9 Å². The lowest BCUT2D eigenvalue weighted by Crippen LogP contribution is -2.19. The molecule has 4 aromatic rings. The molecular weight excluding hydrogens is 568 g/mol. The van der Waals surface area contributed by atoms with Crippen molar-refractivity contribution >= 4 is 38.2 Å². The number of rotatable bonds is 12. The second-order valence-electron chi connectivity index (χ2n) is 11.5. The Morgan fingerprint density at radius 1 is 1.12 bits per heavy atom. The van der Waals surface area contributed by atoms with Gasteiger partial charge in [0.2, 0.25) is 0 Å². The molecule has 0 bridgehead atoms. The van der Waals surface area contributed by atoms with Crippen LogP contribution in [-0.4, -0.2) is 65.1 Å². The number of nitrogens with one attached hydrogen (secondary N) is 1. The molecule has 1 aliphatic carbocycles. The number of aromatic nitrogens is 5. The van der Waals surface area contributed by atoms with E-state index in [1.165, 1.54) is 6.26 Å². The number of nitrogens with zero attached hydrogens (tertiary/aromatic N) is 5. The van der Waals surface area contributed by atoms with E-state index in [0.717, 1.165) is 44.3 Å². The summed E-state index contributed by atoms with van der Waals surface area (Å²) in [6.07, 6.45) is 8.70. The van der Waals surface area contributed by atoms with E-state index in [1.54, 1.807) is 19.2 Å². The van der Waals surface area contributed by atoms with Crippen LogP contribution in [-0.2, 0) is 37.1 Å². The molecule has 0 amide bonds. The molecule has 43 heavy (non-hydrogen) atoms. The molecule has 2 aliphatic rings. The van der Waals surface area contributed by atoms with Crippen molar-refractivity contribution in [3.05, 3.63) is 48.0 Å². The van der Waals surface area contributed by atoms with Crippen LogP contribution in [0, 0.1) is 12.8 Å². The standard InChI is InChI=1S/C31H38N6O5S/c1-20-32-30-26(18-23(19-27(38)21-8-9-21)33-31(30)37(20)29-7-4-5-16-42-29)34-25-11-10-22(17-28(25)43(3,39)40)24-12-14-36(35-24)13-6-15-41-2/h10-12,14,17-18,21,29H,4-9,13,15-16,19H2,1-3H3,(H,33,34). The molecule has 3 aromatic heterocycles. The zero-order chi connectivity index (χ0) is 30.1. The van der Waals surface area contributed by atoms with Crippen molar-refractivity contribution < 1.29 is 22.7 Å².